The lowest BCUT2D eigenvalue weighted by molar-refractivity contribution is 0.0952. The number of para-hydroxylation sites is 1. The minimum absolute atomic E-state index is 0.121. The van der Waals surface area contributed by atoms with E-state index in [4.69, 9.17) is 4.98 Å². The molecule has 0 radical (unpaired) electrons. The van der Waals surface area contributed by atoms with Crippen molar-refractivity contribution >= 4 is 16.8 Å². The van der Waals surface area contributed by atoms with Gasteiger partial charge >= 0.3 is 0 Å². The molecule has 5 heteroatoms. The standard InChI is InChI=1S/C31H30N4O/c1-20(2)24-13-15-25(16-14-24)35-22(4)28(19-33-35)30-17-27(26-7-5-6-8-29(26)34-30)31(36)32-18-23-11-9-21(3)10-12-23/h5-17,19-20H,18H2,1-4H3,(H,32,36). The van der Waals surface area contributed by atoms with E-state index in [1.807, 2.05) is 60.3 Å². The van der Waals surface area contributed by atoms with Crippen LogP contribution < -0.4 is 5.32 Å². The van der Waals surface area contributed by atoms with Crippen LogP contribution in [0.25, 0.3) is 27.8 Å². The maximum atomic E-state index is 13.3. The van der Waals surface area contributed by atoms with Crippen LogP contribution in [0.3, 0.4) is 0 Å². The molecular weight excluding hydrogens is 444 g/mol. The first-order valence-electron chi connectivity index (χ1n) is 12.3. The molecule has 1 amide bonds. The lowest BCUT2D eigenvalue weighted by atomic mass is 10.0. The first kappa shape index (κ1) is 23.5. The van der Waals surface area contributed by atoms with Gasteiger partial charge in [0.25, 0.3) is 5.91 Å². The monoisotopic (exact) mass is 474 g/mol. The normalized spacial score (nSPS) is 11.2. The number of nitrogens with one attached hydrogen (secondary N) is 1. The van der Waals surface area contributed by atoms with Crippen LogP contribution in [0.2, 0.25) is 0 Å². The van der Waals surface area contributed by atoms with Crippen molar-refractivity contribution in [2.75, 3.05) is 0 Å². The summed E-state index contributed by atoms with van der Waals surface area (Å²) in [7, 11) is 0. The second-order valence-corrected chi connectivity index (χ2v) is 9.54. The number of carbonyl (C=O) groups excluding carboxylic acids is 1. The van der Waals surface area contributed by atoms with Gasteiger partial charge in [-0.3, -0.25) is 4.79 Å². The number of pyridine rings is 1. The zero-order chi connectivity index (χ0) is 25.2. The van der Waals surface area contributed by atoms with Gasteiger partial charge in [0.1, 0.15) is 0 Å². The molecule has 0 aliphatic carbocycles. The second kappa shape index (κ2) is 9.78. The van der Waals surface area contributed by atoms with E-state index in [0.29, 0.717) is 18.0 Å². The summed E-state index contributed by atoms with van der Waals surface area (Å²) in [6.07, 6.45) is 1.83. The molecule has 0 aliphatic heterocycles. The predicted octanol–water partition coefficient (Wildman–Crippen LogP) is 6.76. The van der Waals surface area contributed by atoms with Crippen molar-refractivity contribution < 1.29 is 4.79 Å². The molecule has 5 nitrogen and oxygen atoms in total. The van der Waals surface area contributed by atoms with Gasteiger partial charge in [0, 0.05) is 17.5 Å². The van der Waals surface area contributed by atoms with Gasteiger partial charge in [0.2, 0.25) is 0 Å². The molecule has 3 aromatic carbocycles. The van der Waals surface area contributed by atoms with E-state index in [9.17, 15) is 4.79 Å². The molecule has 0 saturated carbocycles. The van der Waals surface area contributed by atoms with Gasteiger partial charge in [-0.25, -0.2) is 9.67 Å². The van der Waals surface area contributed by atoms with E-state index in [1.54, 1.807) is 0 Å². The van der Waals surface area contributed by atoms with Gasteiger partial charge < -0.3 is 5.32 Å². The van der Waals surface area contributed by atoms with Crippen molar-refractivity contribution in [3.05, 3.63) is 113 Å². The summed E-state index contributed by atoms with van der Waals surface area (Å²) in [6.45, 7) is 8.93. The number of nitrogens with zero attached hydrogens (tertiary/aromatic N) is 3. The number of fused-ring (bicyclic) bond motifs is 1. The van der Waals surface area contributed by atoms with Gasteiger partial charge in [-0.05, 0) is 55.2 Å². The van der Waals surface area contributed by atoms with Crippen molar-refractivity contribution in [1.82, 2.24) is 20.1 Å². The lowest BCUT2D eigenvalue weighted by Gasteiger charge is -2.11. The van der Waals surface area contributed by atoms with Crippen LogP contribution in [-0.4, -0.2) is 20.7 Å². The summed E-state index contributed by atoms with van der Waals surface area (Å²) in [4.78, 5) is 18.2. The Balaban J connectivity index is 1.49. The average Bonchev–Trinajstić information content (AvgIpc) is 3.28. The topological polar surface area (TPSA) is 59.8 Å². The Morgan fingerprint density at radius 1 is 0.944 bits per heavy atom. The van der Waals surface area contributed by atoms with Gasteiger partial charge in [0.05, 0.1) is 34.4 Å². The Hall–Kier alpha value is -4.25. The molecule has 0 spiro atoms. The minimum Gasteiger partial charge on any atom is -0.348 e. The Morgan fingerprint density at radius 2 is 1.67 bits per heavy atom. The minimum atomic E-state index is -0.121. The molecule has 2 aromatic heterocycles. The van der Waals surface area contributed by atoms with Crippen LogP contribution in [0.4, 0.5) is 0 Å². The van der Waals surface area contributed by atoms with Crippen molar-refractivity contribution in [1.29, 1.82) is 0 Å². The lowest BCUT2D eigenvalue weighted by Crippen LogP contribution is -2.23. The van der Waals surface area contributed by atoms with E-state index in [-0.39, 0.29) is 5.91 Å². The van der Waals surface area contributed by atoms with Crippen LogP contribution in [-0.2, 0) is 6.54 Å². The number of rotatable bonds is 6. The highest BCUT2D eigenvalue weighted by atomic mass is 16.1. The van der Waals surface area contributed by atoms with Gasteiger partial charge in [-0.15, -0.1) is 0 Å². The fraction of sp³-hybridized carbons (Fsp3) is 0.194. The molecule has 0 bridgehead atoms. The number of aryl methyl sites for hydroxylation is 1. The highest BCUT2D eigenvalue weighted by Gasteiger charge is 2.17. The SMILES string of the molecule is Cc1ccc(CNC(=O)c2cc(-c3cnn(-c4ccc(C(C)C)cc4)c3C)nc3ccccc23)cc1. The second-order valence-electron chi connectivity index (χ2n) is 9.54. The third-order valence-corrected chi connectivity index (χ3v) is 6.62. The summed E-state index contributed by atoms with van der Waals surface area (Å²) >= 11 is 0. The quantitative estimate of drug-likeness (QED) is 0.296. The first-order valence-corrected chi connectivity index (χ1v) is 12.3. The van der Waals surface area contributed by atoms with E-state index in [2.05, 4.69) is 67.6 Å². The van der Waals surface area contributed by atoms with Gasteiger partial charge in [-0.2, -0.15) is 5.10 Å². The Labute approximate surface area is 211 Å². The molecule has 1 N–H and O–H groups in total. The number of aromatic nitrogens is 3. The molecule has 0 saturated heterocycles. The molecular formula is C31H30N4O. The average molecular weight is 475 g/mol. The van der Waals surface area contributed by atoms with Crippen LogP contribution >= 0.6 is 0 Å². The Morgan fingerprint density at radius 3 is 2.39 bits per heavy atom. The smallest absolute Gasteiger partial charge is 0.252 e. The van der Waals surface area contributed by atoms with Gasteiger partial charge in [0.15, 0.2) is 0 Å². The molecule has 0 fully saturated rings. The fourth-order valence-electron chi connectivity index (χ4n) is 4.41. The van der Waals surface area contributed by atoms with Crippen molar-refractivity contribution in [2.45, 2.75) is 40.2 Å². The zero-order valence-corrected chi connectivity index (χ0v) is 21.1. The summed E-state index contributed by atoms with van der Waals surface area (Å²) in [5, 5.41) is 8.56. The fourth-order valence-corrected chi connectivity index (χ4v) is 4.41. The summed E-state index contributed by atoms with van der Waals surface area (Å²) in [6, 6.07) is 26.3. The summed E-state index contributed by atoms with van der Waals surface area (Å²) < 4.78 is 1.92. The number of carbonyl (C=O) groups is 1. The first-order chi connectivity index (χ1) is 17.4. The number of hydrogen-bond donors (Lipinski definition) is 1. The van der Waals surface area contributed by atoms with Crippen LogP contribution in [0.1, 0.15) is 52.5 Å². The largest absolute Gasteiger partial charge is 0.348 e. The molecule has 0 aliphatic rings. The molecule has 0 unspecified atom stereocenters. The van der Waals surface area contributed by atoms with E-state index < -0.39 is 0 Å². The summed E-state index contributed by atoms with van der Waals surface area (Å²) in [5.41, 5.74) is 8.55. The molecule has 0 atom stereocenters. The maximum absolute atomic E-state index is 13.3. The van der Waals surface area contributed by atoms with E-state index >= 15 is 0 Å². The highest BCUT2D eigenvalue weighted by Crippen LogP contribution is 2.28. The summed E-state index contributed by atoms with van der Waals surface area (Å²) in [5.74, 6) is 0.357. The van der Waals surface area contributed by atoms with E-state index in [0.717, 1.165) is 39.1 Å². The number of amides is 1. The molecule has 36 heavy (non-hydrogen) atoms. The number of benzene rings is 3. The zero-order valence-electron chi connectivity index (χ0n) is 21.1. The Bertz CT molecular complexity index is 1530. The van der Waals surface area contributed by atoms with Crippen molar-refractivity contribution in [2.24, 2.45) is 0 Å². The van der Waals surface area contributed by atoms with E-state index in [1.165, 1.54) is 11.1 Å². The molecule has 5 aromatic rings. The third-order valence-electron chi connectivity index (χ3n) is 6.62. The predicted molar refractivity (Wildman–Crippen MR) is 145 cm³/mol. The molecule has 5 rings (SSSR count). The van der Waals surface area contributed by atoms with Gasteiger partial charge in [-0.1, -0.05) is 74.0 Å². The van der Waals surface area contributed by atoms with Crippen LogP contribution in [0, 0.1) is 13.8 Å². The highest BCUT2D eigenvalue weighted by molar-refractivity contribution is 6.07. The maximum Gasteiger partial charge on any atom is 0.252 e. The van der Waals surface area contributed by atoms with Crippen LogP contribution in [0.5, 0.6) is 0 Å². The Kier molecular flexibility index (Phi) is 6.38. The number of hydrogen-bond acceptors (Lipinski definition) is 3. The molecule has 2 heterocycles. The molecule has 180 valence electrons. The van der Waals surface area contributed by atoms with Crippen molar-refractivity contribution in [3.8, 4) is 16.9 Å². The third kappa shape index (κ3) is 4.65. The van der Waals surface area contributed by atoms with Crippen molar-refractivity contribution in [3.63, 3.8) is 0 Å². The van der Waals surface area contributed by atoms with Crippen LogP contribution in [0.15, 0.2) is 85.1 Å².